The molecule has 1 rings (SSSR count). The Balaban J connectivity index is 1.97. The SMILES string of the molecule is CCC1CCC(O)(CNCCCOCCOC)CC1. The predicted molar refractivity (Wildman–Crippen MR) is 77.4 cm³/mol. The minimum atomic E-state index is -0.470. The van der Waals surface area contributed by atoms with E-state index in [0.29, 0.717) is 13.2 Å². The molecule has 1 fully saturated rings. The second-order valence-electron chi connectivity index (χ2n) is 5.71. The van der Waals surface area contributed by atoms with Crippen LogP contribution in [0.3, 0.4) is 0 Å². The number of aliphatic hydroxyl groups is 1. The van der Waals surface area contributed by atoms with Crippen LogP contribution in [-0.2, 0) is 9.47 Å². The molecule has 0 bridgehead atoms. The van der Waals surface area contributed by atoms with Crippen molar-refractivity contribution < 1.29 is 14.6 Å². The van der Waals surface area contributed by atoms with Crippen molar-refractivity contribution in [3.63, 3.8) is 0 Å². The van der Waals surface area contributed by atoms with Gasteiger partial charge in [-0.05, 0) is 44.6 Å². The van der Waals surface area contributed by atoms with Gasteiger partial charge in [0.15, 0.2) is 0 Å². The maximum absolute atomic E-state index is 10.4. The topological polar surface area (TPSA) is 50.7 Å². The molecule has 4 nitrogen and oxygen atoms in total. The van der Waals surface area contributed by atoms with Crippen molar-refractivity contribution in [2.75, 3.05) is 40.0 Å². The molecule has 0 aromatic rings. The van der Waals surface area contributed by atoms with Crippen LogP contribution in [0.4, 0.5) is 0 Å². The van der Waals surface area contributed by atoms with Crippen molar-refractivity contribution in [1.29, 1.82) is 0 Å². The third kappa shape index (κ3) is 7.25. The summed E-state index contributed by atoms with van der Waals surface area (Å²) >= 11 is 0. The van der Waals surface area contributed by atoms with Crippen LogP contribution >= 0.6 is 0 Å². The molecule has 1 aliphatic carbocycles. The highest BCUT2D eigenvalue weighted by Crippen LogP contribution is 2.33. The molecule has 0 aliphatic heterocycles. The lowest BCUT2D eigenvalue weighted by atomic mass is 9.78. The second-order valence-corrected chi connectivity index (χ2v) is 5.71. The maximum Gasteiger partial charge on any atom is 0.0771 e. The lowest BCUT2D eigenvalue weighted by Crippen LogP contribution is -2.43. The van der Waals surface area contributed by atoms with Crippen molar-refractivity contribution in [3.8, 4) is 0 Å². The van der Waals surface area contributed by atoms with Crippen molar-refractivity contribution in [3.05, 3.63) is 0 Å². The molecular weight excluding hydrogens is 242 g/mol. The maximum atomic E-state index is 10.4. The zero-order chi connectivity index (χ0) is 14.0. The molecule has 1 aliphatic rings. The molecular formula is C15H31NO3. The summed E-state index contributed by atoms with van der Waals surface area (Å²) in [5.41, 5.74) is -0.470. The minimum Gasteiger partial charge on any atom is -0.389 e. The monoisotopic (exact) mass is 273 g/mol. The van der Waals surface area contributed by atoms with Crippen molar-refractivity contribution in [1.82, 2.24) is 5.32 Å². The molecule has 0 aromatic heterocycles. The zero-order valence-corrected chi connectivity index (χ0v) is 12.6. The third-order valence-corrected chi connectivity index (χ3v) is 4.14. The summed E-state index contributed by atoms with van der Waals surface area (Å²) in [6.45, 7) is 5.96. The van der Waals surface area contributed by atoms with E-state index in [1.807, 2.05) is 0 Å². The lowest BCUT2D eigenvalue weighted by Gasteiger charge is -2.36. The molecule has 4 heteroatoms. The third-order valence-electron chi connectivity index (χ3n) is 4.14. The summed E-state index contributed by atoms with van der Waals surface area (Å²) in [4.78, 5) is 0. The Morgan fingerprint density at radius 2 is 1.95 bits per heavy atom. The molecule has 0 aromatic carbocycles. The smallest absolute Gasteiger partial charge is 0.0771 e. The van der Waals surface area contributed by atoms with Gasteiger partial charge in [0, 0.05) is 20.3 Å². The van der Waals surface area contributed by atoms with Gasteiger partial charge in [-0.25, -0.2) is 0 Å². The van der Waals surface area contributed by atoms with E-state index < -0.39 is 5.60 Å². The van der Waals surface area contributed by atoms with Gasteiger partial charge < -0.3 is 19.9 Å². The molecule has 19 heavy (non-hydrogen) atoms. The predicted octanol–water partition coefficient (Wildman–Crippen LogP) is 1.96. The average molecular weight is 273 g/mol. The Morgan fingerprint density at radius 3 is 2.58 bits per heavy atom. The fourth-order valence-corrected chi connectivity index (χ4v) is 2.66. The molecule has 1 saturated carbocycles. The van der Waals surface area contributed by atoms with Crippen LogP contribution in [0.1, 0.15) is 45.4 Å². The first-order chi connectivity index (χ1) is 9.20. The van der Waals surface area contributed by atoms with E-state index in [0.717, 1.165) is 44.9 Å². The Bertz CT molecular complexity index is 215. The van der Waals surface area contributed by atoms with E-state index in [1.54, 1.807) is 7.11 Å². The van der Waals surface area contributed by atoms with Gasteiger partial charge in [0.1, 0.15) is 0 Å². The molecule has 0 spiro atoms. The number of methoxy groups -OCH3 is 1. The summed E-state index contributed by atoms with van der Waals surface area (Å²) in [7, 11) is 1.68. The van der Waals surface area contributed by atoms with E-state index >= 15 is 0 Å². The molecule has 0 unspecified atom stereocenters. The summed E-state index contributed by atoms with van der Waals surface area (Å²) < 4.78 is 10.3. The fourth-order valence-electron chi connectivity index (χ4n) is 2.66. The zero-order valence-electron chi connectivity index (χ0n) is 12.6. The van der Waals surface area contributed by atoms with Gasteiger partial charge >= 0.3 is 0 Å². The Kier molecular flexibility index (Phi) is 8.62. The van der Waals surface area contributed by atoms with Gasteiger partial charge in [0.25, 0.3) is 0 Å². The number of rotatable bonds is 10. The van der Waals surface area contributed by atoms with Crippen LogP contribution in [0.15, 0.2) is 0 Å². The van der Waals surface area contributed by atoms with Crippen LogP contribution in [0.2, 0.25) is 0 Å². The van der Waals surface area contributed by atoms with Crippen molar-refractivity contribution in [2.45, 2.75) is 51.0 Å². The Hall–Kier alpha value is -0.160. The minimum absolute atomic E-state index is 0.470. The Morgan fingerprint density at radius 1 is 1.21 bits per heavy atom. The van der Waals surface area contributed by atoms with Crippen LogP contribution in [-0.4, -0.2) is 50.7 Å². The number of nitrogens with one attached hydrogen (secondary N) is 1. The Labute approximate surface area is 117 Å². The number of hydrogen-bond donors (Lipinski definition) is 2. The lowest BCUT2D eigenvalue weighted by molar-refractivity contribution is -0.00896. The molecule has 114 valence electrons. The van der Waals surface area contributed by atoms with E-state index in [9.17, 15) is 5.11 Å². The van der Waals surface area contributed by atoms with Crippen LogP contribution < -0.4 is 5.32 Å². The molecule has 0 radical (unpaired) electrons. The van der Waals surface area contributed by atoms with E-state index in [1.165, 1.54) is 19.3 Å². The highest BCUT2D eigenvalue weighted by Gasteiger charge is 2.31. The normalized spacial score (nSPS) is 27.6. The number of hydrogen-bond acceptors (Lipinski definition) is 4. The van der Waals surface area contributed by atoms with Gasteiger partial charge in [0.2, 0.25) is 0 Å². The van der Waals surface area contributed by atoms with E-state index in [2.05, 4.69) is 12.2 Å². The van der Waals surface area contributed by atoms with Crippen molar-refractivity contribution in [2.24, 2.45) is 5.92 Å². The standard InChI is InChI=1S/C15H31NO3/c1-3-14-5-7-15(17,8-6-14)13-16-9-4-10-19-12-11-18-2/h14,16-17H,3-13H2,1-2H3. The molecule has 0 atom stereocenters. The van der Waals surface area contributed by atoms with Crippen LogP contribution in [0.25, 0.3) is 0 Å². The van der Waals surface area contributed by atoms with Crippen LogP contribution in [0, 0.1) is 5.92 Å². The van der Waals surface area contributed by atoms with E-state index in [-0.39, 0.29) is 0 Å². The first-order valence-electron chi connectivity index (χ1n) is 7.70. The second kappa shape index (κ2) is 9.70. The van der Waals surface area contributed by atoms with Gasteiger partial charge in [0.05, 0.1) is 18.8 Å². The summed E-state index contributed by atoms with van der Waals surface area (Å²) in [6.07, 6.45) is 6.48. The highest BCUT2D eigenvalue weighted by atomic mass is 16.5. The summed E-state index contributed by atoms with van der Waals surface area (Å²) in [5.74, 6) is 0.828. The first kappa shape index (κ1) is 16.9. The fraction of sp³-hybridized carbons (Fsp3) is 1.00. The molecule has 0 amide bonds. The highest BCUT2D eigenvalue weighted by molar-refractivity contribution is 4.86. The van der Waals surface area contributed by atoms with Gasteiger partial charge in [-0.1, -0.05) is 13.3 Å². The largest absolute Gasteiger partial charge is 0.389 e. The number of ether oxygens (including phenoxy) is 2. The quantitative estimate of drug-likeness (QED) is 0.597. The first-order valence-corrected chi connectivity index (χ1v) is 7.70. The molecule has 0 saturated heterocycles. The summed E-state index contributed by atoms with van der Waals surface area (Å²) in [5, 5.41) is 13.8. The average Bonchev–Trinajstić information content (AvgIpc) is 2.43. The van der Waals surface area contributed by atoms with E-state index in [4.69, 9.17) is 9.47 Å². The van der Waals surface area contributed by atoms with Crippen LogP contribution in [0.5, 0.6) is 0 Å². The van der Waals surface area contributed by atoms with Gasteiger partial charge in [-0.15, -0.1) is 0 Å². The summed E-state index contributed by atoms with van der Waals surface area (Å²) in [6, 6.07) is 0. The van der Waals surface area contributed by atoms with Crippen molar-refractivity contribution >= 4 is 0 Å². The molecule has 2 N–H and O–H groups in total. The van der Waals surface area contributed by atoms with Gasteiger partial charge in [-0.2, -0.15) is 0 Å². The molecule has 0 heterocycles. The van der Waals surface area contributed by atoms with Gasteiger partial charge in [-0.3, -0.25) is 0 Å².